The normalized spacial score (nSPS) is 19.0. The summed E-state index contributed by atoms with van der Waals surface area (Å²) in [6, 6.07) is 3.51. The molecular formula is C17H22N4O4S2. The van der Waals surface area contributed by atoms with Crippen molar-refractivity contribution in [1.82, 2.24) is 20.1 Å². The first kappa shape index (κ1) is 19.7. The van der Waals surface area contributed by atoms with Crippen molar-refractivity contribution in [2.24, 2.45) is 0 Å². The topological polar surface area (TPSA) is 109 Å². The van der Waals surface area contributed by atoms with Crippen molar-refractivity contribution in [3.8, 4) is 0 Å². The van der Waals surface area contributed by atoms with E-state index in [1.807, 2.05) is 26.0 Å². The standard InChI is InChI=1S/C17H22N4O4S2/c1-3-21(13-8-9-27(23,24)11-13)16(22)10-26-17-18-15(19-20-17)7-6-14-5-4-12(2)25-14/h4-7,13H,3,8-11H2,1-2H3,(H,18,19,20). The number of aromatic amines is 1. The summed E-state index contributed by atoms with van der Waals surface area (Å²) in [6.45, 7) is 4.22. The van der Waals surface area contributed by atoms with Gasteiger partial charge in [-0.3, -0.25) is 9.89 Å². The van der Waals surface area contributed by atoms with Gasteiger partial charge in [0.05, 0.1) is 17.3 Å². The van der Waals surface area contributed by atoms with Crippen molar-refractivity contribution in [2.45, 2.75) is 31.5 Å². The molecule has 0 bridgehead atoms. The molecule has 0 aromatic carbocycles. The second-order valence-corrected chi connectivity index (χ2v) is 9.48. The number of aromatic nitrogens is 3. The van der Waals surface area contributed by atoms with Crippen LogP contribution in [0.3, 0.4) is 0 Å². The highest BCUT2D eigenvalue weighted by Crippen LogP contribution is 2.20. The lowest BCUT2D eigenvalue weighted by atomic mass is 10.2. The number of H-pyrrole nitrogens is 1. The minimum atomic E-state index is -3.02. The van der Waals surface area contributed by atoms with Gasteiger partial charge >= 0.3 is 0 Å². The van der Waals surface area contributed by atoms with Gasteiger partial charge in [-0.15, -0.1) is 5.10 Å². The maximum absolute atomic E-state index is 12.5. The molecular weight excluding hydrogens is 388 g/mol. The molecule has 1 aliphatic rings. The van der Waals surface area contributed by atoms with Crippen LogP contribution in [0.25, 0.3) is 12.2 Å². The number of hydrogen-bond donors (Lipinski definition) is 1. The number of amides is 1. The summed E-state index contributed by atoms with van der Waals surface area (Å²) in [5, 5.41) is 7.36. The van der Waals surface area contributed by atoms with Crippen LogP contribution in [0.1, 0.15) is 30.7 Å². The molecule has 1 N–H and O–H groups in total. The SMILES string of the molecule is CCN(C(=O)CSc1n[nH]c(C=Cc2ccc(C)o2)n1)C1CCS(=O)(=O)C1. The first-order chi connectivity index (χ1) is 12.9. The number of rotatable bonds is 7. The Labute approximate surface area is 162 Å². The van der Waals surface area contributed by atoms with Gasteiger partial charge in [-0.1, -0.05) is 11.8 Å². The fraction of sp³-hybridized carbons (Fsp3) is 0.471. The largest absolute Gasteiger partial charge is 0.462 e. The lowest BCUT2D eigenvalue weighted by Crippen LogP contribution is -2.41. The molecule has 146 valence electrons. The van der Waals surface area contributed by atoms with E-state index < -0.39 is 9.84 Å². The van der Waals surface area contributed by atoms with Crippen LogP contribution < -0.4 is 0 Å². The number of carbonyl (C=O) groups is 1. The number of furan rings is 1. The number of sulfone groups is 1. The highest BCUT2D eigenvalue weighted by Gasteiger charge is 2.33. The fourth-order valence-corrected chi connectivity index (χ4v) is 5.39. The number of nitrogens with zero attached hydrogens (tertiary/aromatic N) is 3. The molecule has 2 aromatic heterocycles. The van der Waals surface area contributed by atoms with Crippen molar-refractivity contribution >= 4 is 39.7 Å². The van der Waals surface area contributed by atoms with Gasteiger partial charge in [0, 0.05) is 12.6 Å². The first-order valence-corrected chi connectivity index (χ1v) is 11.5. The Morgan fingerprint density at radius 1 is 1.44 bits per heavy atom. The Balaban J connectivity index is 1.54. The number of aryl methyl sites for hydroxylation is 1. The van der Waals surface area contributed by atoms with Gasteiger partial charge in [0.15, 0.2) is 9.84 Å². The quantitative estimate of drug-likeness (QED) is 0.695. The third-order valence-electron chi connectivity index (χ3n) is 4.28. The van der Waals surface area contributed by atoms with E-state index in [4.69, 9.17) is 4.42 Å². The molecule has 1 fully saturated rings. The van der Waals surface area contributed by atoms with Crippen molar-refractivity contribution < 1.29 is 17.6 Å². The predicted molar refractivity (Wildman–Crippen MR) is 104 cm³/mol. The summed E-state index contributed by atoms with van der Waals surface area (Å²) >= 11 is 1.23. The zero-order valence-electron chi connectivity index (χ0n) is 15.2. The third kappa shape index (κ3) is 5.23. The Morgan fingerprint density at radius 3 is 2.89 bits per heavy atom. The Morgan fingerprint density at radius 2 is 2.26 bits per heavy atom. The maximum Gasteiger partial charge on any atom is 0.233 e. The predicted octanol–water partition coefficient (Wildman–Crippen LogP) is 2.00. The van der Waals surface area contributed by atoms with E-state index in [0.717, 1.165) is 11.5 Å². The maximum atomic E-state index is 12.5. The van der Waals surface area contributed by atoms with E-state index in [2.05, 4.69) is 15.2 Å². The molecule has 3 heterocycles. The second-order valence-electron chi connectivity index (χ2n) is 6.31. The smallest absolute Gasteiger partial charge is 0.233 e. The minimum absolute atomic E-state index is 0.0547. The van der Waals surface area contributed by atoms with Gasteiger partial charge in [-0.25, -0.2) is 13.4 Å². The van der Waals surface area contributed by atoms with Gasteiger partial charge in [-0.2, -0.15) is 0 Å². The summed E-state index contributed by atoms with van der Waals surface area (Å²) in [6.07, 6.45) is 4.04. The van der Waals surface area contributed by atoms with Crippen molar-refractivity contribution in [3.63, 3.8) is 0 Å². The minimum Gasteiger partial charge on any atom is -0.462 e. The van der Waals surface area contributed by atoms with Crippen LogP contribution in [0.5, 0.6) is 0 Å². The molecule has 1 atom stereocenters. The zero-order chi connectivity index (χ0) is 19.4. The first-order valence-electron chi connectivity index (χ1n) is 8.66. The summed E-state index contributed by atoms with van der Waals surface area (Å²) in [5.74, 6) is 2.39. The molecule has 2 aromatic rings. The Hall–Kier alpha value is -2.07. The van der Waals surface area contributed by atoms with E-state index in [9.17, 15) is 13.2 Å². The molecule has 3 rings (SSSR count). The molecule has 1 unspecified atom stereocenters. The van der Waals surface area contributed by atoms with E-state index >= 15 is 0 Å². The summed E-state index contributed by atoms with van der Waals surface area (Å²) in [4.78, 5) is 18.4. The van der Waals surface area contributed by atoms with Gasteiger partial charge in [-0.05, 0) is 44.6 Å². The second kappa shape index (κ2) is 8.30. The monoisotopic (exact) mass is 410 g/mol. The lowest BCUT2D eigenvalue weighted by Gasteiger charge is -2.26. The van der Waals surface area contributed by atoms with Crippen LogP contribution in [-0.2, 0) is 14.6 Å². The number of thioether (sulfide) groups is 1. The third-order valence-corrected chi connectivity index (χ3v) is 6.87. The zero-order valence-corrected chi connectivity index (χ0v) is 16.8. The van der Waals surface area contributed by atoms with E-state index in [-0.39, 0.29) is 29.2 Å². The lowest BCUT2D eigenvalue weighted by molar-refractivity contribution is -0.129. The highest BCUT2D eigenvalue weighted by molar-refractivity contribution is 7.99. The van der Waals surface area contributed by atoms with E-state index in [1.165, 1.54) is 11.8 Å². The fourth-order valence-electron chi connectivity index (χ4n) is 2.97. The van der Waals surface area contributed by atoms with Crippen LogP contribution in [0.15, 0.2) is 21.7 Å². The van der Waals surface area contributed by atoms with Gasteiger partial charge in [0.2, 0.25) is 11.1 Å². The molecule has 1 saturated heterocycles. The molecule has 27 heavy (non-hydrogen) atoms. The van der Waals surface area contributed by atoms with Crippen LogP contribution in [0.2, 0.25) is 0 Å². The van der Waals surface area contributed by atoms with Gasteiger partial charge in [0.25, 0.3) is 0 Å². The Bertz CT molecular complexity index is 932. The summed E-state index contributed by atoms with van der Waals surface area (Å²) in [7, 11) is -3.02. The van der Waals surface area contributed by atoms with Crippen molar-refractivity contribution in [1.29, 1.82) is 0 Å². The number of hydrogen-bond acceptors (Lipinski definition) is 7. The average molecular weight is 411 g/mol. The molecule has 1 amide bonds. The van der Waals surface area contributed by atoms with E-state index in [1.54, 1.807) is 17.1 Å². The molecule has 1 aliphatic heterocycles. The summed E-state index contributed by atoms with van der Waals surface area (Å²) < 4.78 is 28.7. The van der Waals surface area contributed by atoms with Crippen LogP contribution >= 0.6 is 11.8 Å². The molecule has 0 saturated carbocycles. The molecule has 10 heteroatoms. The molecule has 0 aliphatic carbocycles. The summed E-state index contributed by atoms with van der Waals surface area (Å²) in [5.41, 5.74) is 0. The molecule has 0 spiro atoms. The van der Waals surface area contributed by atoms with Gasteiger partial charge < -0.3 is 9.32 Å². The molecule has 0 radical (unpaired) electrons. The highest BCUT2D eigenvalue weighted by atomic mass is 32.2. The number of carbonyl (C=O) groups excluding carboxylic acids is 1. The van der Waals surface area contributed by atoms with Crippen LogP contribution in [0.4, 0.5) is 0 Å². The van der Waals surface area contributed by atoms with Crippen molar-refractivity contribution in [3.05, 3.63) is 29.5 Å². The number of nitrogens with one attached hydrogen (secondary N) is 1. The van der Waals surface area contributed by atoms with E-state index in [0.29, 0.717) is 23.9 Å². The van der Waals surface area contributed by atoms with Crippen LogP contribution in [0, 0.1) is 6.92 Å². The molecule has 8 nitrogen and oxygen atoms in total. The average Bonchev–Trinajstić information content (AvgIpc) is 3.32. The Kier molecular flexibility index (Phi) is 6.05. The van der Waals surface area contributed by atoms with Crippen LogP contribution in [-0.4, -0.2) is 64.3 Å². The van der Waals surface area contributed by atoms with Crippen molar-refractivity contribution in [2.75, 3.05) is 23.8 Å². The van der Waals surface area contributed by atoms with Gasteiger partial charge in [0.1, 0.15) is 17.3 Å².